The maximum atomic E-state index is 13.6. The van der Waals surface area contributed by atoms with Crippen molar-refractivity contribution in [2.45, 2.75) is 32.0 Å². The fourth-order valence-electron chi connectivity index (χ4n) is 3.27. The maximum absolute atomic E-state index is 13.6. The molecular weight excluding hydrogens is 447 g/mol. The third-order valence-corrected chi connectivity index (χ3v) is 6.45. The number of rotatable bonds is 6. The van der Waals surface area contributed by atoms with Crippen molar-refractivity contribution in [1.29, 1.82) is 5.26 Å². The number of nitrogens with zero attached hydrogens (tertiary/aromatic N) is 2. The first kappa shape index (κ1) is 22.8. The SMILES string of the molecule is CC(=O)c1c(C)[nH]c(C(=O)CSc2nc(-c3cccs3)cc(C(F)(F)F)c2C#N)c1C. The van der Waals surface area contributed by atoms with Crippen LogP contribution in [0.2, 0.25) is 0 Å². The first-order chi connectivity index (χ1) is 14.5. The van der Waals surface area contributed by atoms with Crippen LogP contribution in [0.15, 0.2) is 28.6 Å². The molecular formula is C21H16F3N3O2S2. The Morgan fingerprint density at radius 3 is 2.55 bits per heavy atom. The van der Waals surface area contributed by atoms with Gasteiger partial charge in [-0.3, -0.25) is 9.59 Å². The van der Waals surface area contributed by atoms with Gasteiger partial charge in [-0.2, -0.15) is 18.4 Å². The molecule has 0 saturated heterocycles. The van der Waals surface area contributed by atoms with Crippen molar-refractivity contribution >= 4 is 34.7 Å². The van der Waals surface area contributed by atoms with Gasteiger partial charge in [0.25, 0.3) is 0 Å². The van der Waals surface area contributed by atoms with Crippen LogP contribution in [0.5, 0.6) is 0 Å². The number of ketones is 2. The lowest BCUT2D eigenvalue weighted by molar-refractivity contribution is -0.138. The highest BCUT2D eigenvalue weighted by atomic mass is 32.2. The molecule has 10 heteroatoms. The van der Waals surface area contributed by atoms with E-state index in [0.29, 0.717) is 21.7 Å². The van der Waals surface area contributed by atoms with Gasteiger partial charge < -0.3 is 4.98 Å². The lowest BCUT2D eigenvalue weighted by Gasteiger charge is -2.13. The highest BCUT2D eigenvalue weighted by molar-refractivity contribution is 8.00. The van der Waals surface area contributed by atoms with Crippen LogP contribution in [-0.4, -0.2) is 27.3 Å². The molecule has 0 aliphatic rings. The number of halogens is 3. The quantitative estimate of drug-likeness (QED) is 0.368. The molecule has 3 aromatic heterocycles. The van der Waals surface area contributed by atoms with E-state index in [1.807, 2.05) is 0 Å². The van der Waals surface area contributed by atoms with Crippen LogP contribution in [-0.2, 0) is 6.18 Å². The molecule has 0 saturated carbocycles. The summed E-state index contributed by atoms with van der Waals surface area (Å²) in [6.45, 7) is 4.70. The number of pyridine rings is 1. The van der Waals surface area contributed by atoms with Gasteiger partial charge in [0.1, 0.15) is 11.1 Å². The molecule has 0 bridgehead atoms. The van der Waals surface area contributed by atoms with Gasteiger partial charge in [-0.05, 0) is 43.8 Å². The van der Waals surface area contributed by atoms with Gasteiger partial charge in [0.15, 0.2) is 11.6 Å². The van der Waals surface area contributed by atoms with Crippen molar-refractivity contribution in [1.82, 2.24) is 9.97 Å². The van der Waals surface area contributed by atoms with Crippen LogP contribution in [0, 0.1) is 25.2 Å². The maximum Gasteiger partial charge on any atom is 0.417 e. The Morgan fingerprint density at radius 2 is 2.03 bits per heavy atom. The van der Waals surface area contributed by atoms with Crippen LogP contribution in [0.3, 0.4) is 0 Å². The summed E-state index contributed by atoms with van der Waals surface area (Å²) < 4.78 is 40.8. The number of carbonyl (C=O) groups excluding carboxylic acids is 2. The molecule has 0 aliphatic heterocycles. The summed E-state index contributed by atoms with van der Waals surface area (Å²) in [5, 5.41) is 10.9. The average Bonchev–Trinajstić information content (AvgIpc) is 3.32. The van der Waals surface area contributed by atoms with E-state index < -0.39 is 23.1 Å². The zero-order valence-electron chi connectivity index (χ0n) is 16.7. The van der Waals surface area contributed by atoms with Crippen LogP contribution in [0.1, 0.15) is 50.2 Å². The minimum absolute atomic E-state index is 0.0852. The molecule has 3 aromatic rings. The fourth-order valence-corrected chi connectivity index (χ4v) is 4.83. The number of Topliss-reactive ketones (excluding diaryl/α,β-unsaturated/α-hetero) is 2. The molecule has 160 valence electrons. The van der Waals surface area contributed by atoms with E-state index in [-0.39, 0.29) is 27.9 Å². The number of nitriles is 1. The first-order valence-electron chi connectivity index (χ1n) is 8.96. The molecule has 5 nitrogen and oxygen atoms in total. The Labute approximate surface area is 184 Å². The molecule has 0 amide bonds. The number of aromatic nitrogens is 2. The summed E-state index contributed by atoms with van der Waals surface area (Å²) in [4.78, 5) is 32.1. The number of aromatic amines is 1. The number of carbonyl (C=O) groups is 2. The summed E-state index contributed by atoms with van der Waals surface area (Å²) in [6, 6.07) is 5.76. The Bertz CT molecular complexity index is 1210. The average molecular weight is 464 g/mol. The van der Waals surface area contributed by atoms with E-state index in [1.165, 1.54) is 18.3 Å². The molecule has 0 spiro atoms. The van der Waals surface area contributed by atoms with Crippen LogP contribution in [0.25, 0.3) is 10.6 Å². The molecule has 1 N–H and O–H groups in total. The molecule has 0 radical (unpaired) electrons. The molecule has 3 heterocycles. The molecule has 0 aromatic carbocycles. The van der Waals surface area contributed by atoms with Crippen molar-refractivity contribution in [3.8, 4) is 16.6 Å². The number of H-pyrrole nitrogens is 1. The van der Waals surface area contributed by atoms with Crippen molar-refractivity contribution in [3.05, 3.63) is 57.2 Å². The second kappa shape index (κ2) is 8.69. The minimum atomic E-state index is -4.75. The highest BCUT2D eigenvalue weighted by Gasteiger charge is 2.36. The Balaban J connectivity index is 1.99. The summed E-state index contributed by atoms with van der Waals surface area (Å²) in [6.07, 6.45) is -4.75. The monoisotopic (exact) mass is 463 g/mol. The molecule has 0 fully saturated rings. The van der Waals surface area contributed by atoms with Crippen molar-refractivity contribution in [2.75, 3.05) is 5.75 Å². The van der Waals surface area contributed by atoms with Gasteiger partial charge in [0.05, 0.1) is 33.1 Å². The number of hydrogen-bond acceptors (Lipinski definition) is 6. The summed E-state index contributed by atoms with van der Waals surface area (Å²) >= 11 is 1.99. The zero-order chi connectivity index (χ0) is 22.9. The van der Waals surface area contributed by atoms with E-state index >= 15 is 0 Å². The molecule has 31 heavy (non-hydrogen) atoms. The number of aryl methyl sites for hydroxylation is 1. The van der Waals surface area contributed by atoms with Gasteiger partial charge in [-0.25, -0.2) is 4.98 Å². The summed E-state index contributed by atoms with van der Waals surface area (Å²) in [5.74, 6) is -0.839. The van der Waals surface area contributed by atoms with Gasteiger partial charge in [0.2, 0.25) is 0 Å². The van der Waals surface area contributed by atoms with E-state index in [9.17, 15) is 28.0 Å². The topological polar surface area (TPSA) is 86.6 Å². The van der Waals surface area contributed by atoms with E-state index in [2.05, 4.69) is 9.97 Å². The normalized spacial score (nSPS) is 11.4. The lowest BCUT2D eigenvalue weighted by atomic mass is 10.1. The third-order valence-electron chi connectivity index (χ3n) is 4.59. The zero-order valence-corrected chi connectivity index (χ0v) is 18.3. The van der Waals surface area contributed by atoms with Crippen molar-refractivity contribution in [3.63, 3.8) is 0 Å². The highest BCUT2D eigenvalue weighted by Crippen LogP contribution is 2.38. The van der Waals surface area contributed by atoms with Gasteiger partial charge in [0, 0.05) is 11.3 Å². The van der Waals surface area contributed by atoms with Crippen LogP contribution >= 0.6 is 23.1 Å². The van der Waals surface area contributed by atoms with Crippen molar-refractivity contribution < 1.29 is 22.8 Å². The number of hydrogen-bond donors (Lipinski definition) is 1. The Hall–Kier alpha value is -2.90. The molecule has 0 unspecified atom stereocenters. The molecule has 0 aliphatic carbocycles. The predicted octanol–water partition coefficient (Wildman–Crippen LogP) is 5.82. The van der Waals surface area contributed by atoms with E-state index in [4.69, 9.17) is 0 Å². The summed E-state index contributed by atoms with van der Waals surface area (Å²) in [5.41, 5.74) is 0.0635. The lowest BCUT2D eigenvalue weighted by Crippen LogP contribution is -2.11. The Kier molecular flexibility index (Phi) is 6.38. The van der Waals surface area contributed by atoms with E-state index in [0.717, 1.165) is 17.8 Å². The predicted molar refractivity (Wildman–Crippen MR) is 113 cm³/mol. The fraction of sp³-hybridized carbons (Fsp3) is 0.238. The minimum Gasteiger partial charge on any atom is -0.355 e. The number of nitrogens with one attached hydrogen (secondary N) is 1. The standard InChI is InChI=1S/C21H16F3N3O2S2/c1-10-18(12(3)28)11(2)26-19(10)16(29)9-31-20-13(8-25)14(21(22,23)24)7-15(27-20)17-5-4-6-30-17/h4-7,26H,9H2,1-3H3. The number of alkyl halides is 3. The molecule has 3 rings (SSSR count). The second-order valence-electron chi connectivity index (χ2n) is 6.72. The second-order valence-corrected chi connectivity index (χ2v) is 8.63. The van der Waals surface area contributed by atoms with Crippen molar-refractivity contribution in [2.24, 2.45) is 0 Å². The summed E-state index contributed by atoms with van der Waals surface area (Å²) in [7, 11) is 0. The van der Waals surface area contributed by atoms with Gasteiger partial charge in [-0.1, -0.05) is 17.8 Å². The number of thioether (sulfide) groups is 1. The van der Waals surface area contributed by atoms with Crippen LogP contribution < -0.4 is 0 Å². The Morgan fingerprint density at radius 1 is 1.32 bits per heavy atom. The van der Waals surface area contributed by atoms with E-state index in [1.54, 1.807) is 37.4 Å². The van der Waals surface area contributed by atoms with Gasteiger partial charge >= 0.3 is 6.18 Å². The first-order valence-corrected chi connectivity index (χ1v) is 10.8. The largest absolute Gasteiger partial charge is 0.417 e. The number of thiophene rings is 1. The third kappa shape index (κ3) is 4.57. The van der Waals surface area contributed by atoms with Crippen LogP contribution in [0.4, 0.5) is 13.2 Å². The van der Waals surface area contributed by atoms with Gasteiger partial charge in [-0.15, -0.1) is 11.3 Å². The molecule has 0 atom stereocenters. The smallest absolute Gasteiger partial charge is 0.355 e.